The Kier molecular flexibility index (Phi) is 15.4. The molecule has 0 atom stereocenters. The second-order valence-corrected chi connectivity index (χ2v) is 13.9. The minimum atomic E-state index is -4.52. The van der Waals surface area contributed by atoms with Gasteiger partial charge in [-0.2, -0.15) is 26.3 Å². The lowest BCUT2D eigenvalue weighted by Crippen LogP contribution is -2.15. The molecule has 6 heterocycles. The largest absolute Gasteiger partial charge is 0.417 e. The topological polar surface area (TPSA) is 174 Å². The van der Waals surface area contributed by atoms with Crippen molar-refractivity contribution in [2.45, 2.75) is 12.4 Å². The molecule has 12 nitrogen and oxygen atoms in total. The van der Waals surface area contributed by atoms with Crippen molar-refractivity contribution in [1.82, 2.24) is 29.9 Å². The first kappa shape index (κ1) is 48.1. The van der Waals surface area contributed by atoms with Crippen molar-refractivity contribution in [3.8, 4) is 22.3 Å². The molecule has 21 heteroatoms. The van der Waals surface area contributed by atoms with Crippen LogP contribution in [0.3, 0.4) is 0 Å². The Morgan fingerprint density at radius 1 is 0.522 bits per heavy atom. The monoisotopic (exact) mass is 942 g/mol. The number of nitrogens with two attached hydrogens (primary N) is 1. The molecule has 0 fully saturated rings. The van der Waals surface area contributed by atoms with Crippen molar-refractivity contribution in [2.24, 2.45) is 0 Å². The highest BCUT2D eigenvalue weighted by Gasteiger charge is 2.31. The van der Waals surface area contributed by atoms with Crippen LogP contribution in [0.25, 0.3) is 22.3 Å². The molecule has 67 heavy (non-hydrogen) atoms. The zero-order valence-electron chi connectivity index (χ0n) is 34.0. The van der Waals surface area contributed by atoms with Crippen molar-refractivity contribution in [2.75, 3.05) is 21.7 Å². The third kappa shape index (κ3) is 13.3. The number of pyridine rings is 6. The van der Waals surface area contributed by atoms with Gasteiger partial charge in [-0.3, -0.25) is 19.6 Å². The summed E-state index contributed by atoms with van der Waals surface area (Å²) in [5.41, 5.74) is 7.00. The van der Waals surface area contributed by atoms with E-state index < -0.39 is 46.9 Å². The number of amides is 2. The lowest BCUT2D eigenvalue weighted by atomic mass is 10.1. The number of nitrogen functional groups attached to an aromatic ring is 1. The van der Waals surface area contributed by atoms with Gasteiger partial charge in [-0.1, -0.05) is 72.3 Å². The number of hydrogen-bond acceptors (Lipinski definition) is 10. The smallest absolute Gasteiger partial charge is 0.384 e. The Morgan fingerprint density at radius 3 is 1.45 bits per heavy atom. The predicted octanol–water partition coefficient (Wildman–Crippen LogP) is 11.6. The van der Waals surface area contributed by atoms with Crippen LogP contribution >= 0.6 is 11.6 Å². The number of anilines is 5. The standard InChI is InChI=1S/C23H15F4N5O.C17H11ClFN3O.C6H5F3N2/c24-18-12-30-21(32-20-7-6-15(11-29-20)23(25,26)27)10-17(18)22(33)31-19-13-28-9-8-16(19)14-4-2-1-3-5-14;18-16-8-13(14(19)9-21-16)17(23)22-15-10-20-7-6-12(15)11-4-2-1-3-5-11;7-6(8,9)4-1-2-5(10)11-3-4/h1-13H,(H,31,33)(H,29,30,32);1-10H,(H,22,23);1-3H,(H2,10,11). The van der Waals surface area contributed by atoms with Crippen LogP contribution in [-0.4, -0.2) is 41.7 Å². The molecule has 0 aliphatic rings. The van der Waals surface area contributed by atoms with Crippen LogP contribution in [-0.2, 0) is 12.4 Å². The Bertz CT molecular complexity index is 2950. The first-order chi connectivity index (χ1) is 32.0. The molecule has 0 saturated carbocycles. The van der Waals surface area contributed by atoms with E-state index in [4.69, 9.17) is 17.3 Å². The number of rotatable bonds is 8. The molecule has 0 aliphatic carbocycles. The average Bonchev–Trinajstić information content (AvgIpc) is 3.31. The molecule has 0 saturated heterocycles. The number of halogens is 9. The molecule has 0 radical (unpaired) electrons. The summed E-state index contributed by atoms with van der Waals surface area (Å²) in [7, 11) is 0. The zero-order chi connectivity index (χ0) is 48.1. The Morgan fingerprint density at radius 2 is 0.985 bits per heavy atom. The summed E-state index contributed by atoms with van der Waals surface area (Å²) in [5.74, 6) is -2.81. The Hall–Kier alpha value is -8.39. The molecule has 0 spiro atoms. The van der Waals surface area contributed by atoms with E-state index in [0.717, 1.165) is 59.4 Å². The number of benzene rings is 2. The van der Waals surface area contributed by atoms with Gasteiger partial charge in [0.25, 0.3) is 11.8 Å². The number of carbonyl (C=O) groups is 2. The van der Waals surface area contributed by atoms with Crippen molar-refractivity contribution in [1.29, 1.82) is 0 Å². The van der Waals surface area contributed by atoms with Gasteiger partial charge >= 0.3 is 12.4 Å². The molecule has 8 rings (SSSR count). The van der Waals surface area contributed by atoms with Crippen LogP contribution in [0.2, 0.25) is 5.15 Å². The van der Waals surface area contributed by atoms with Crippen LogP contribution in [0.4, 0.5) is 64.0 Å². The molecule has 2 aromatic carbocycles. The molecule has 0 aliphatic heterocycles. The summed E-state index contributed by atoms with van der Waals surface area (Å²) in [6.45, 7) is 0. The lowest BCUT2D eigenvalue weighted by Gasteiger charge is -2.12. The average molecular weight is 943 g/mol. The Balaban J connectivity index is 0.000000188. The fraction of sp³-hybridized carbons (Fsp3) is 0.0435. The SMILES string of the molecule is Nc1ccc(C(F)(F)F)cn1.O=C(Nc1cnccc1-c1ccccc1)c1cc(Cl)ncc1F.O=C(Nc1cnccc1-c1ccccc1)c1cc(Nc2ccc(C(F)(F)F)cn2)ncc1F. The molecule has 5 N–H and O–H groups in total. The van der Waals surface area contributed by atoms with Crippen molar-refractivity contribution in [3.63, 3.8) is 0 Å². The van der Waals surface area contributed by atoms with Crippen LogP contribution in [0.5, 0.6) is 0 Å². The zero-order valence-corrected chi connectivity index (χ0v) is 34.7. The summed E-state index contributed by atoms with van der Waals surface area (Å²) in [6.07, 6.45) is 0.428. The van der Waals surface area contributed by atoms with E-state index in [9.17, 15) is 44.7 Å². The molecule has 2 amide bonds. The van der Waals surface area contributed by atoms with E-state index in [1.54, 1.807) is 24.5 Å². The van der Waals surface area contributed by atoms with Gasteiger partial charge in [0.2, 0.25) is 0 Å². The van der Waals surface area contributed by atoms with E-state index in [1.165, 1.54) is 18.5 Å². The van der Waals surface area contributed by atoms with Crippen molar-refractivity contribution in [3.05, 3.63) is 198 Å². The summed E-state index contributed by atoms with van der Waals surface area (Å²) in [4.78, 5) is 47.5. The highest BCUT2D eigenvalue weighted by atomic mass is 35.5. The molecule has 8 aromatic rings. The number of nitrogens with one attached hydrogen (secondary N) is 3. The van der Waals surface area contributed by atoms with E-state index in [-0.39, 0.29) is 33.7 Å². The van der Waals surface area contributed by atoms with Gasteiger partial charge in [0.05, 0.1) is 58.4 Å². The first-order valence-corrected chi connectivity index (χ1v) is 19.5. The highest BCUT2D eigenvalue weighted by Crippen LogP contribution is 2.32. The third-order valence-corrected chi connectivity index (χ3v) is 9.14. The quantitative estimate of drug-likeness (QED) is 0.0848. The minimum absolute atomic E-state index is 0.0308. The van der Waals surface area contributed by atoms with Gasteiger partial charge < -0.3 is 21.7 Å². The normalized spacial score (nSPS) is 10.9. The maximum absolute atomic E-state index is 14.4. The number of alkyl halides is 6. The van der Waals surface area contributed by atoms with Gasteiger partial charge in [-0.25, -0.2) is 28.7 Å². The van der Waals surface area contributed by atoms with Crippen molar-refractivity contribution >= 4 is 52.2 Å². The van der Waals surface area contributed by atoms with Crippen LogP contribution < -0.4 is 21.7 Å². The molecule has 340 valence electrons. The van der Waals surface area contributed by atoms with E-state index in [0.29, 0.717) is 29.3 Å². The Labute approximate surface area is 380 Å². The molecular formula is C46H31ClF8N10O2. The maximum atomic E-state index is 14.4. The number of nitrogens with zero attached hydrogens (tertiary/aromatic N) is 6. The van der Waals surface area contributed by atoms with E-state index in [1.807, 2.05) is 60.7 Å². The van der Waals surface area contributed by atoms with Crippen LogP contribution in [0.1, 0.15) is 31.8 Å². The lowest BCUT2D eigenvalue weighted by molar-refractivity contribution is -0.138. The summed E-state index contributed by atoms with van der Waals surface area (Å²) >= 11 is 5.72. The molecule has 0 unspecified atom stereocenters. The fourth-order valence-electron chi connectivity index (χ4n) is 5.71. The van der Waals surface area contributed by atoms with Gasteiger partial charge in [0.15, 0.2) is 11.6 Å². The molecule has 0 bridgehead atoms. The van der Waals surface area contributed by atoms with Gasteiger partial charge in [0, 0.05) is 35.9 Å². The van der Waals surface area contributed by atoms with Crippen LogP contribution in [0, 0.1) is 11.6 Å². The van der Waals surface area contributed by atoms with Crippen molar-refractivity contribution < 1.29 is 44.7 Å². The van der Waals surface area contributed by atoms with Gasteiger partial charge in [-0.05, 0) is 59.7 Å². The molecular weight excluding hydrogens is 912 g/mol. The molecule has 6 aromatic heterocycles. The number of hydrogen-bond donors (Lipinski definition) is 4. The second kappa shape index (κ2) is 21.5. The first-order valence-electron chi connectivity index (χ1n) is 19.1. The highest BCUT2D eigenvalue weighted by molar-refractivity contribution is 6.29. The number of aromatic nitrogens is 6. The van der Waals surface area contributed by atoms with Gasteiger partial charge in [0.1, 0.15) is 22.6 Å². The van der Waals surface area contributed by atoms with Crippen LogP contribution in [0.15, 0.2) is 159 Å². The second-order valence-electron chi connectivity index (χ2n) is 13.5. The predicted molar refractivity (Wildman–Crippen MR) is 235 cm³/mol. The summed E-state index contributed by atoms with van der Waals surface area (Å²) in [6, 6.07) is 28.6. The van der Waals surface area contributed by atoms with Gasteiger partial charge in [-0.15, -0.1) is 0 Å². The minimum Gasteiger partial charge on any atom is -0.384 e. The maximum Gasteiger partial charge on any atom is 0.417 e. The summed E-state index contributed by atoms with van der Waals surface area (Å²) in [5, 5.41) is 8.01. The van der Waals surface area contributed by atoms with E-state index >= 15 is 0 Å². The van der Waals surface area contributed by atoms with E-state index in [2.05, 4.69) is 45.9 Å². The fourth-order valence-corrected chi connectivity index (χ4v) is 5.87. The number of carbonyl (C=O) groups excluding carboxylic acids is 2. The summed E-state index contributed by atoms with van der Waals surface area (Å²) < 4.78 is 102. The third-order valence-electron chi connectivity index (χ3n) is 8.94.